The van der Waals surface area contributed by atoms with E-state index < -0.39 is 35.1 Å². The SMILES string of the molecule is CSC(CO)C(C)NC(=O)c1cccc(C(F)(F)F)c1F. The van der Waals surface area contributed by atoms with Gasteiger partial charge in [0.05, 0.1) is 17.7 Å². The minimum absolute atomic E-state index is 0.215. The van der Waals surface area contributed by atoms with Crippen LogP contribution < -0.4 is 5.32 Å². The Morgan fingerprint density at radius 3 is 2.52 bits per heavy atom. The zero-order valence-corrected chi connectivity index (χ0v) is 12.2. The molecule has 0 heterocycles. The van der Waals surface area contributed by atoms with Crippen molar-refractivity contribution in [2.24, 2.45) is 0 Å². The molecule has 0 saturated carbocycles. The van der Waals surface area contributed by atoms with Gasteiger partial charge in [-0.1, -0.05) is 6.07 Å². The number of carbonyl (C=O) groups is 1. The first-order valence-electron chi connectivity index (χ1n) is 6.02. The fourth-order valence-corrected chi connectivity index (χ4v) is 2.37. The molecule has 0 aliphatic carbocycles. The van der Waals surface area contributed by atoms with Crippen LogP contribution >= 0.6 is 11.8 Å². The molecular formula is C13H15F4NO2S. The minimum atomic E-state index is -4.86. The van der Waals surface area contributed by atoms with Gasteiger partial charge in [0, 0.05) is 11.3 Å². The monoisotopic (exact) mass is 325 g/mol. The summed E-state index contributed by atoms with van der Waals surface area (Å²) in [5, 5.41) is 11.2. The van der Waals surface area contributed by atoms with Crippen LogP contribution in [0.1, 0.15) is 22.8 Å². The van der Waals surface area contributed by atoms with Crippen molar-refractivity contribution in [3.63, 3.8) is 0 Å². The van der Waals surface area contributed by atoms with E-state index in [1.807, 2.05) is 0 Å². The normalized spacial score (nSPS) is 14.6. The van der Waals surface area contributed by atoms with Gasteiger partial charge >= 0.3 is 6.18 Å². The average Bonchev–Trinajstić information content (AvgIpc) is 2.38. The Bertz CT molecular complexity index is 503. The Morgan fingerprint density at radius 2 is 2.05 bits per heavy atom. The van der Waals surface area contributed by atoms with Crippen LogP contribution in [0.4, 0.5) is 17.6 Å². The number of rotatable bonds is 5. The van der Waals surface area contributed by atoms with Crippen molar-refractivity contribution in [1.29, 1.82) is 0 Å². The van der Waals surface area contributed by atoms with Gasteiger partial charge in [-0.2, -0.15) is 24.9 Å². The molecule has 0 aliphatic rings. The van der Waals surface area contributed by atoms with E-state index >= 15 is 0 Å². The number of alkyl halides is 3. The molecule has 8 heteroatoms. The summed E-state index contributed by atoms with van der Waals surface area (Å²) < 4.78 is 51.6. The van der Waals surface area contributed by atoms with Crippen LogP contribution in [0.25, 0.3) is 0 Å². The molecule has 1 amide bonds. The summed E-state index contributed by atoms with van der Waals surface area (Å²) in [6.07, 6.45) is -3.15. The van der Waals surface area contributed by atoms with Crippen molar-refractivity contribution in [1.82, 2.24) is 5.32 Å². The van der Waals surface area contributed by atoms with E-state index in [-0.39, 0.29) is 11.9 Å². The lowest BCUT2D eigenvalue weighted by molar-refractivity contribution is -0.140. The van der Waals surface area contributed by atoms with E-state index in [9.17, 15) is 22.4 Å². The number of carbonyl (C=O) groups excluding carboxylic acids is 1. The molecule has 2 unspecified atom stereocenters. The lowest BCUT2D eigenvalue weighted by atomic mass is 10.1. The number of halogens is 4. The van der Waals surface area contributed by atoms with Gasteiger partial charge in [0.1, 0.15) is 5.82 Å². The van der Waals surface area contributed by atoms with Crippen molar-refractivity contribution in [2.75, 3.05) is 12.9 Å². The zero-order chi connectivity index (χ0) is 16.2. The molecular weight excluding hydrogens is 310 g/mol. The molecule has 2 atom stereocenters. The molecule has 0 aliphatic heterocycles. The molecule has 0 bridgehead atoms. The molecule has 118 valence electrons. The summed E-state index contributed by atoms with van der Waals surface area (Å²) in [5.74, 6) is -2.54. The van der Waals surface area contributed by atoms with E-state index in [1.165, 1.54) is 11.8 Å². The Labute approximate surface area is 123 Å². The molecule has 21 heavy (non-hydrogen) atoms. The number of amides is 1. The molecule has 0 radical (unpaired) electrons. The molecule has 0 aromatic heterocycles. The van der Waals surface area contributed by atoms with Gasteiger partial charge in [-0.15, -0.1) is 0 Å². The highest BCUT2D eigenvalue weighted by atomic mass is 32.2. The first kappa shape index (κ1) is 17.8. The van der Waals surface area contributed by atoms with Crippen LogP contribution in [-0.4, -0.2) is 35.2 Å². The Morgan fingerprint density at radius 1 is 1.43 bits per heavy atom. The van der Waals surface area contributed by atoms with E-state index in [2.05, 4.69) is 5.32 Å². The van der Waals surface area contributed by atoms with Crippen molar-refractivity contribution < 1.29 is 27.5 Å². The van der Waals surface area contributed by atoms with Gasteiger partial charge in [-0.05, 0) is 25.3 Å². The Kier molecular flexibility index (Phi) is 6.03. The third-order valence-electron chi connectivity index (χ3n) is 2.95. The number of aliphatic hydroxyl groups excluding tert-OH is 1. The molecule has 2 N–H and O–H groups in total. The quantitative estimate of drug-likeness (QED) is 0.819. The highest BCUT2D eigenvalue weighted by Crippen LogP contribution is 2.32. The van der Waals surface area contributed by atoms with Gasteiger partial charge in [0.2, 0.25) is 0 Å². The van der Waals surface area contributed by atoms with Crippen molar-refractivity contribution in [3.05, 3.63) is 35.1 Å². The molecule has 1 aromatic rings. The maximum absolute atomic E-state index is 13.8. The third kappa shape index (κ3) is 4.34. The maximum atomic E-state index is 13.8. The molecule has 0 spiro atoms. The molecule has 3 nitrogen and oxygen atoms in total. The summed E-state index contributed by atoms with van der Waals surface area (Å²) in [4.78, 5) is 11.9. The second kappa shape index (κ2) is 7.13. The van der Waals surface area contributed by atoms with Crippen LogP contribution in [-0.2, 0) is 6.18 Å². The summed E-state index contributed by atoms with van der Waals surface area (Å²) in [5.41, 5.74) is -2.15. The second-order valence-corrected chi connectivity index (χ2v) is 5.46. The lowest BCUT2D eigenvalue weighted by Gasteiger charge is -2.21. The average molecular weight is 325 g/mol. The number of thioether (sulfide) groups is 1. The maximum Gasteiger partial charge on any atom is 0.419 e. The smallest absolute Gasteiger partial charge is 0.395 e. The lowest BCUT2D eigenvalue weighted by Crippen LogP contribution is -2.41. The predicted octanol–water partition coefficient (Wildman–Crippen LogP) is 2.69. The highest BCUT2D eigenvalue weighted by Gasteiger charge is 2.35. The van der Waals surface area contributed by atoms with Crippen LogP contribution in [0.3, 0.4) is 0 Å². The topological polar surface area (TPSA) is 49.3 Å². The number of aliphatic hydroxyl groups is 1. The van der Waals surface area contributed by atoms with Crippen LogP contribution in [0.5, 0.6) is 0 Å². The first-order valence-corrected chi connectivity index (χ1v) is 7.31. The van der Waals surface area contributed by atoms with Gasteiger partial charge in [0.15, 0.2) is 0 Å². The second-order valence-electron chi connectivity index (χ2n) is 4.38. The Balaban J connectivity index is 2.99. The number of hydrogen-bond donors (Lipinski definition) is 2. The van der Waals surface area contributed by atoms with Crippen molar-refractivity contribution in [2.45, 2.75) is 24.4 Å². The summed E-state index contributed by atoms with van der Waals surface area (Å²) in [7, 11) is 0. The summed E-state index contributed by atoms with van der Waals surface area (Å²) in [6.45, 7) is 1.37. The van der Waals surface area contributed by atoms with Crippen LogP contribution in [0.15, 0.2) is 18.2 Å². The van der Waals surface area contributed by atoms with E-state index in [4.69, 9.17) is 5.11 Å². The van der Waals surface area contributed by atoms with E-state index in [0.717, 1.165) is 12.1 Å². The number of hydrogen-bond acceptors (Lipinski definition) is 3. The van der Waals surface area contributed by atoms with Gasteiger partial charge in [-0.3, -0.25) is 4.79 Å². The fraction of sp³-hybridized carbons (Fsp3) is 0.462. The van der Waals surface area contributed by atoms with Crippen LogP contribution in [0.2, 0.25) is 0 Å². The van der Waals surface area contributed by atoms with Gasteiger partial charge < -0.3 is 10.4 Å². The molecule has 0 fully saturated rings. The first-order chi connectivity index (χ1) is 9.72. The zero-order valence-electron chi connectivity index (χ0n) is 11.4. The predicted molar refractivity (Wildman–Crippen MR) is 72.7 cm³/mol. The fourth-order valence-electron chi connectivity index (χ4n) is 1.74. The van der Waals surface area contributed by atoms with E-state index in [1.54, 1.807) is 13.2 Å². The van der Waals surface area contributed by atoms with Crippen molar-refractivity contribution >= 4 is 17.7 Å². The minimum Gasteiger partial charge on any atom is -0.395 e. The number of benzene rings is 1. The number of nitrogens with one attached hydrogen (secondary N) is 1. The van der Waals surface area contributed by atoms with Gasteiger partial charge in [-0.25, -0.2) is 4.39 Å². The third-order valence-corrected chi connectivity index (χ3v) is 4.11. The largest absolute Gasteiger partial charge is 0.419 e. The molecule has 0 saturated heterocycles. The van der Waals surface area contributed by atoms with Crippen molar-refractivity contribution in [3.8, 4) is 0 Å². The summed E-state index contributed by atoms with van der Waals surface area (Å²) in [6, 6.07) is 2.02. The Hall–Kier alpha value is -1.28. The highest BCUT2D eigenvalue weighted by molar-refractivity contribution is 7.99. The summed E-state index contributed by atoms with van der Waals surface area (Å²) >= 11 is 1.29. The standard InChI is InChI=1S/C13H15F4NO2S/c1-7(10(6-19)21-2)18-12(20)8-4-3-5-9(11(8)14)13(15,16)17/h3-5,7,10,19H,6H2,1-2H3,(H,18,20). The van der Waals surface area contributed by atoms with Crippen LogP contribution in [0, 0.1) is 5.82 Å². The van der Waals surface area contributed by atoms with E-state index in [0.29, 0.717) is 6.07 Å². The molecule has 1 rings (SSSR count). The van der Waals surface area contributed by atoms with Gasteiger partial charge in [0.25, 0.3) is 5.91 Å². The molecule has 1 aromatic carbocycles.